The van der Waals surface area contributed by atoms with Crippen molar-refractivity contribution in [3.8, 4) is 0 Å². The van der Waals surface area contributed by atoms with E-state index in [1.54, 1.807) is 0 Å². The molecule has 1 fully saturated rings. The third kappa shape index (κ3) is 3.75. The quantitative estimate of drug-likeness (QED) is 0.820. The number of sulfone groups is 1. The van der Waals surface area contributed by atoms with E-state index in [0.29, 0.717) is 12.2 Å². The van der Waals surface area contributed by atoms with Crippen molar-refractivity contribution in [3.05, 3.63) is 18.2 Å². The second-order valence-electron chi connectivity index (χ2n) is 5.21. The molecule has 0 aromatic heterocycles. The van der Waals surface area contributed by atoms with Crippen molar-refractivity contribution < 1.29 is 16.8 Å². The number of benzene rings is 1. The molecule has 1 aliphatic rings. The Balaban J connectivity index is 2.46. The van der Waals surface area contributed by atoms with Crippen LogP contribution in [0.3, 0.4) is 0 Å². The van der Waals surface area contributed by atoms with Crippen molar-refractivity contribution in [1.29, 1.82) is 0 Å². The average molecular weight is 332 g/mol. The Labute approximate surface area is 125 Å². The van der Waals surface area contributed by atoms with Gasteiger partial charge in [0.15, 0.2) is 9.84 Å². The molecule has 0 radical (unpaired) electrons. The summed E-state index contributed by atoms with van der Waals surface area (Å²) in [6.07, 6.45) is 3.71. The summed E-state index contributed by atoms with van der Waals surface area (Å²) in [6, 6.07) is 4.07. The average Bonchev–Trinajstić information content (AvgIpc) is 2.33. The van der Waals surface area contributed by atoms with Crippen molar-refractivity contribution in [2.75, 3.05) is 18.1 Å². The SMILES string of the molecule is CCNc1ccc(S(C)(=O)=O)cc1S(=O)(=O)NC1CCC1. The van der Waals surface area contributed by atoms with Gasteiger partial charge in [0, 0.05) is 18.8 Å². The fourth-order valence-corrected chi connectivity index (χ4v) is 4.34. The maximum atomic E-state index is 12.5. The van der Waals surface area contributed by atoms with E-state index in [2.05, 4.69) is 10.0 Å². The lowest BCUT2D eigenvalue weighted by Gasteiger charge is -2.26. The minimum absolute atomic E-state index is 0.00172. The first kappa shape index (κ1) is 16.3. The molecule has 0 atom stereocenters. The van der Waals surface area contributed by atoms with Gasteiger partial charge in [-0.25, -0.2) is 21.6 Å². The van der Waals surface area contributed by atoms with Gasteiger partial charge < -0.3 is 5.32 Å². The summed E-state index contributed by atoms with van der Waals surface area (Å²) in [5.41, 5.74) is 0.414. The van der Waals surface area contributed by atoms with Gasteiger partial charge in [-0.05, 0) is 38.0 Å². The van der Waals surface area contributed by atoms with Crippen LogP contribution in [0, 0.1) is 0 Å². The summed E-state index contributed by atoms with van der Waals surface area (Å²) in [5, 5.41) is 2.96. The molecule has 0 aliphatic heterocycles. The summed E-state index contributed by atoms with van der Waals surface area (Å²) in [6.45, 7) is 2.39. The summed E-state index contributed by atoms with van der Waals surface area (Å²) in [4.78, 5) is -0.0164. The van der Waals surface area contributed by atoms with Crippen molar-refractivity contribution >= 4 is 25.5 Å². The Hall–Kier alpha value is -1.12. The molecular weight excluding hydrogens is 312 g/mol. The molecule has 21 heavy (non-hydrogen) atoms. The molecule has 0 amide bonds. The van der Waals surface area contributed by atoms with Gasteiger partial charge in [0.1, 0.15) is 4.90 Å². The third-order valence-corrected chi connectivity index (χ3v) is 6.14. The van der Waals surface area contributed by atoms with Crippen LogP contribution < -0.4 is 10.0 Å². The highest BCUT2D eigenvalue weighted by Crippen LogP contribution is 2.27. The predicted octanol–water partition coefficient (Wildman–Crippen LogP) is 1.35. The zero-order chi connectivity index (χ0) is 15.7. The second-order valence-corrected chi connectivity index (χ2v) is 8.91. The van der Waals surface area contributed by atoms with Crippen molar-refractivity contribution in [3.63, 3.8) is 0 Å². The maximum Gasteiger partial charge on any atom is 0.242 e. The molecule has 1 aliphatic carbocycles. The molecule has 1 saturated carbocycles. The smallest absolute Gasteiger partial charge is 0.242 e. The first-order valence-electron chi connectivity index (χ1n) is 6.84. The number of hydrogen-bond acceptors (Lipinski definition) is 5. The van der Waals surface area contributed by atoms with Crippen LogP contribution in [0.25, 0.3) is 0 Å². The molecule has 8 heteroatoms. The van der Waals surface area contributed by atoms with Crippen LogP contribution in [0.5, 0.6) is 0 Å². The maximum absolute atomic E-state index is 12.5. The van der Waals surface area contributed by atoms with Gasteiger partial charge in [0.05, 0.1) is 10.6 Å². The lowest BCUT2D eigenvalue weighted by atomic mass is 9.94. The number of nitrogens with one attached hydrogen (secondary N) is 2. The van der Waals surface area contributed by atoms with Gasteiger partial charge in [-0.1, -0.05) is 6.42 Å². The van der Waals surface area contributed by atoms with Crippen molar-refractivity contribution in [1.82, 2.24) is 4.72 Å². The Bertz CT molecular complexity index is 723. The first-order valence-corrected chi connectivity index (χ1v) is 10.2. The van der Waals surface area contributed by atoms with Gasteiger partial charge >= 0.3 is 0 Å². The van der Waals surface area contributed by atoms with Crippen LogP contribution in [0.2, 0.25) is 0 Å². The van der Waals surface area contributed by atoms with Gasteiger partial charge in [-0.15, -0.1) is 0 Å². The molecule has 0 bridgehead atoms. The van der Waals surface area contributed by atoms with Gasteiger partial charge in [-0.3, -0.25) is 0 Å². The summed E-state index contributed by atoms with van der Waals surface area (Å²) >= 11 is 0. The lowest BCUT2D eigenvalue weighted by molar-refractivity contribution is 0.383. The van der Waals surface area contributed by atoms with Crippen LogP contribution in [-0.2, 0) is 19.9 Å². The minimum Gasteiger partial charge on any atom is -0.384 e. The van der Waals surface area contributed by atoms with Crippen LogP contribution in [-0.4, -0.2) is 35.7 Å². The number of rotatable bonds is 6. The Morgan fingerprint density at radius 2 is 1.86 bits per heavy atom. The fourth-order valence-electron chi connectivity index (χ4n) is 2.10. The number of anilines is 1. The molecule has 0 spiro atoms. The van der Waals surface area contributed by atoms with E-state index < -0.39 is 19.9 Å². The number of hydrogen-bond donors (Lipinski definition) is 2. The van der Waals surface area contributed by atoms with Crippen molar-refractivity contribution in [2.45, 2.75) is 42.0 Å². The standard InChI is InChI=1S/C13H20N2O4S2/c1-3-14-12-8-7-11(20(2,16)17)9-13(12)21(18,19)15-10-5-4-6-10/h7-10,14-15H,3-6H2,1-2H3. The summed E-state index contributed by atoms with van der Waals surface area (Å²) in [7, 11) is -7.19. The highest BCUT2D eigenvalue weighted by molar-refractivity contribution is 7.91. The number of sulfonamides is 1. The van der Waals surface area contributed by atoms with E-state index in [0.717, 1.165) is 25.5 Å². The topological polar surface area (TPSA) is 92.3 Å². The molecular formula is C13H20N2O4S2. The summed E-state index contributed by atoms with van der Waals surface area (Å²) in [5.74, 6) is 0. The highest BCUT2D eigenvalue weighted by Gasteiger charge is 2.27. The van der Waals surface area contributed by atoms with E-state index >= 15 is 0 Å². The van der Waals surface area contributed by atoms with E-state index in [9.17, 15) is 16.8 Å². The highest BCUT2D eigenvalue weighted by atomic mass is 32.2. The normalized spacial score (nSPS) is 16.5. The second kappa shape index (κ2) is 5.94. The Kier molecular flexibility index (Phi) is 4.60. The Morgan fingerprint density at radius 1 is 1.19 bits per heavy atom. The van der Waals surface area contributed by atoms with Crippen LogP contribution >= 0.6 is 0 Å². The lowest BCUT2D eigenvalue weighted by Crippen LogP contribution is -2.39. The van der Waals surface area contributed by atoms with Crippen LogP contribution in [0.4, 0.5) is 5.69 Å². The molecule has 0 unspecified atom stereocenters. The molecule has 2 N–H and O–H groups in total. The van der Waals surface area contributed by atoms with E-state index in [1.165, 1.54) is 18.2 Å². The van der Waals surface area contributed by atoms with Gasteiger partial charge in [0.25, 0.3) is 0 Å². The molecule has 118 valence electrons. The monoisotopic (exact) mass is 332 g/mol. The molecule has 1 aromatic carbocycles. The third-order valence-electron chi connectivity index (χ3n) is 3.46. The molecule has 6 nitrogen and oxygen atoms in total. The molecule has 2 rings (SSSR count). The van der Waals surface area contributed by atoms with E-state index in [-0.39, 0.29) is 15.8 Å². The van der Waals surface area contributed by atoms with Crippen LogP contribution in [0.15, 0.2) is 28.0 Å². The largest absolute Gasteiger partial charge is 0.384 e. The minimum atomic E-state index is -3.73. The summed E-state index contributed by atoms with van der Waals surface area (Å²) < 4.78 is 50.8. The van der Waals surface area contributed by atoms with Gasteiger partial charge in [-0.2, -0.15) is 0 Å². The zero-order valence-corrected chi connectivity index (χ0v) is 13.7. The van der Waals surface area contributed by atoms with Crippen LogP contribution in [0.1, 0.15) is 26.2 Å². The molecule has 0 saturated heterocycles. The van der Waals surface area contributed by atoms with E-state index in [4.69, 9.17) is 0 Å². The Morgan fingerprint density at radius 3 is 2.33 bits per heavy atom. The first-order chi connectivity index (χ1) is 9.74. The molecule has 1 aromatic rings. The van der Waals surface area contributed by atoms with Gasteiger partial charge in [0.2, 0.25) is 10.0 Å². The fraction of sp³-hybridized carbons (Fsp3) is 0.538. The van der Waals surface area contributed by atoms with E-state index in [1.807, 2.05) is 6.92 Å². The zero-order valence-electron chi connectivity index (χ0n) is 12.1. The predicted molar refractivity (Wildman–Crippen MR) is 81.7 cm³/mol. The van der Waals surface area contributed by atoms with Crippen molar-refractivity contribution in [2.24, 2.45) is 0 Å². The molecule has 0 heterocycles.